The van der Waals surface area contributed by atoms with Crippen molar-refractivity contribution >= 4 is 28.4 Å². The first-order valence-electron chi connectivity index (χ1n) is 9.44. The van der Waals surface area contributed by atoms with Crippen molar-refractivity contribution in [1.29, 1.82) is 0 Å². The van der Waals surface area contributed by atoms with Gasteiger partial charge in [-0.25, -0.2) is 0 Å². The molecule has 158 valence electrons. The van der Waals surface area contributed by atoms with Crippen LogP contribution >= 0.6 is 24.0 Å². The number of azide groups is 1. The maximum atomic E-state index is 9.07. The highest BCUT2D eigenvalue weighted by molar-refractivity contribution is 8.22. The molecule has 1 aromatic carbocycles. The number of ether oxygens (including phenoxy) is 5. The highest BCUT2D eigenvalue weighted by Gasteiger charge is 2.55. The summed E-state index contributed by atoms with van der Waals surface area (Å²) in [7, 11) is 0. The van der Waals surface area contributed by atoms with Crippen LogP contribution in [-0.2, 0) is 30.3 Å². The van der Waals surface area contributed by atoms with Gasteiger partial charge >= 0.3 is 0 Å². The summed E-state index contributed by atoms with van der Waals surface area (Å²) in [5.74, 6) is -0.820. The lowest BCUT2D eigenvalue weighted by molar-refractivity contribution is -0.163. The molecule has 2 fully saturated rings. The van der Waals surface area contributed by atoms with Crippen molar-refractivity contribution in [3.05, 3.63) is 46.3 Å². The fraction of sp³-hybridized carbons (Fsp3) is 0.632. The average Bonchev–Trinajstić information content (AvgIpc) is 3.01. The predicted octanol–water partition coefficient (Wildman–Crippen LogP) is 4.18. The van der Waals surface area contributed by atoms with Crippen LogP contribution in [0.4, 0.5) is 0 Å². The lowest BCUT2D eigenvalue weighted by Gasteiger charge is -2.40. The van der Waals surface area contributed by atoms with Gasteiger partial charge in [0.25, 0.3) is 0 Å². The molecular formula is C19H25N3O5S2. The third kappa shape index (κ3) is 5.82. The highest BCUT2D eigenvalue weighted by atomic mass is 32.2. The third-order valence-corrected chi connectivity index (χ3v) is 5.85. The third-order valence-electron chi connectivity index (χ3n) is 4.51. The summed E-state index contributed by atoms with van der Waals surface area (Å²) in [6.45, 7) is 6.72. The quantitative estimate of drug-likeness (QED) is 0.272. The van der Waals surface area contributed by atoms with Crippen molar-refractivity contribution in [2.45, 2.75) is 63.0 Å². The van der Waals surface area contributed by atoms with Crippen LogP contribution in [0.5, 0.6) is 0 Å². The molecule has 0 amide bonds. The van der Waals surface area contributed by atoms with Gasteiger partial charge in [-0.2, -0.15) is 0 Å². The van der Waals surface area contributed by atoms with Crippen molar-refractivity contribution in [3.63, 3.8) is 0 Å². The Morgan fingerprint density at radius 1 is 1.28 bits per heavy atom. The largest absolute Gasteiger partial charge is 0.479 e. The molecule has 2 aliphatic heterocycles. The number of thioether (sulfide) groups is 1. The summed E-state index contributed by atoms with van der Waals surface area (Å²) in [6, 6.07) is 9.28. The maximum absolute atomic E-state index is 9.07. The van der Waals surface area contributed by atoms with Crippen molar-refractivity contribution in [2.75, 3.05) is 13.2 Å². The van der Waals surface area contributed by atoms with Crippen molar-refractivity contribution in [2.24, 2.45) is 5.11 Å². The van der Waals surface area contributed by atoms with Gasteiger partial charge in [0.15, 0.2) is 5.79 Å². The molecule has 0 bridgehead atoms. The zero-order chi connectivity index (χ0) is 20.9. The van der Waals surface area contributed by atoms with E-state index in [4.69, 9.17) is 41.4 Å². The Balaban J connectivity index is 1.73. The van der Waals surface area contributed by atoms with Gasteiger partial charge < -0.3 is 23.7 Å². The summed E-state index contributed by atoms with van der Waals surface area (Å²) < 4.78 is 29.9. The number of hydrogen-bond donors (Lipinski definition) is 0. The second-order valence-electron chi connectivity index (χ2n) is 7.10. The average molecular weight is 440 g/mol. The van der Waals surface area contributed by atoms with Crippen LogP contribution in [0.15, 0.2) is 35.4 Å². The van der Waals surface area contributed by atoms with E-state index in [0.29, 0.717) is 24.2 Å². The van der Waals surface area contributed by atoms with E-state index in [1.165, 1.54) is 11.8 Å². The number of rotatable bonds is 7. The molecule has 0 unspecified atom stereocenters. The summed E-state index contributed by atoms with van der Waals surface area (Å²) in [5.41, 5.74) is 9.57. The normalized spacial score (nSPS) is 30.2. The molecule has 2 heterocycles. The molecule has 10 heteroatoms. The molecule has 0 saturated carbocycles. The van der Waals surface area contributed by atoms with E-state index in [2.05, 4.69) is 10.0 Å². The zero-order valence-corrected chi connectivity index (χ0v) is 18.2. The van der Waals surface area contributed by atoms with Crippen LogP contribution in [-0.4, -0.2) is 53.2 Å². The molecule has 1 aromatic rings. The number of fused-ring (bicyclic) bond motifs is 1. The molecule has 0 N–H and O–H groups in total. The van der Waals surface area contributed by atoms with Crippen molar-refractivity contribution < 1.29 is 23.7 Å². The van der Waals surface area contributed by atoms with Crippen LogP contribution < -0.4 is 0 Å². The molecule has 0 aromatic heterocycles. The molecule has 8 nitrogen and oxygen atoms in total. The summed E-state index contributed by atoms with van der Waals surface area (Å²) in [6.07, 6.45) is -1.30. The van der Waals surface area contributed by atoms with Crippen LogP contribution in [0.2, 0.25) is 0 Å². The molecule has 2 saturated heterocycles. The summed E-state index contributed by atoms with van der Waals surface area (Å²) in [4.78, 5) is 2.98. The van der Waals surface area contributed by atoms with Crippen molar-refractivity contribution in [1.82, 2.24) is 0 Å². The minimum absolute atomic E-state index is 0.303. The predicted molar refractivity (Wildman–Crippen MR) is 113 cm³/mol. The Kier molecular flexibility index (Phi) is 7.75. The van der Waals surface area contributed by atoms with Crippen LogP contribution in [0.25, 0.3) is 10.4 Å². The van der Waals surface area contributed by atoms with Gasteiger partial charge in [0, 0.05) is 4.91 Å². The van der Waals surface area contributed by atoms with Crippen LogP contribution in [0.1, 0.15) is 26.3 Å². The molecule has 3 rings (SSSR count). The fourth-order valence-corrected chi connectivity index (χ4v) is 4.70. The van der Waals surface area contributed by atoms with Gasteiger partial charge in [0.1, 0.15) is 29.8 Å². The SMILES string of the molecule is CCOC(=S)S[C@@H]1O[C@H](COCc2ccccc2)[C@@H]2OC(C)(C)O[C@@H]2[C@H]1N=[N+]=[N-]. The van der Waals surface area contributed by atoms with Crippen molar-refractivity contribution in [3.8, 4) is 0 Å². The van der Waals surface area contributed by atoms with Gasteiger partial charge in [-0.3, -0.25) is 0 Å². The molecule has 2 aliphatic rings. The van der Waals surface area contributed by atoms with Crippen LogP contribution in [0, 0.1) is 0 Å². The molecule has 5 atom stereocenters. The lowest BCUT2D eigenvalue weighted by atomic mass is 9.99. The molecule has 0 spiro atoms. The summed E-state index contributed by atoms with van der Waals surface area (Å²) in [5, 5.41) is 3.92. The standard InChI is InChI=1S/C19H25N3O5S2/c1-4-24-18(28)29-17-14(21-22-20)16-15(26-19(2,3)27-16)13(25-17)11-23-10-12-8-6-5-7-9-12/h5-9,13-17H,4,10-11H2,1-3H3/t13-,14-,15+,16-,17+/m1/s1. The van der Waals surface area contributed by atoms with Crippen LogP contribution in [0.3, 0.4) is 0 Å². The van der Waals surface area contributed by atoms with Gasteiger partial charge in [0.2, 0.25) is 4.38 Å². The Morgan fingerprint density at radius 3 is 2.69 bits per heavy atom. The van der Waals surface area contributed by atoms with Gasteiger partial charge in [-0.05, 0) is 55.8 Å². The zero-order valence-electron chi connectivity index (χ0n) is 16.6. The first-order valence-corrected chi connectivity index (χ1v) is 10.7. The maximum Gasteiger partial charge on any atom is 0.222 e. The number of hydrogen-bond acceptors (Lipinski definition) is 8. The van der Waals surface area contributed by atoms with Gasteiger partial charge in [-0.15, -0.1) is 0 Å². The van der Waals surface area contributed by atoms with E-state index in [0.717, 1.165) is 5.56 Å². The molecule has 0 radical (unpaired) electrons. The number of thiocarbonyl (C=S) groups is 1. The van der Waals surface area contributed by atoms with Gasteiger partial charge in [0.05, 0.1) is 19.8 Å². The first kappa shape index (κ1) is 22.3. The Hall–Kier alpha value is -1.39. The van der Waals surface area contributed by atoms with E-state index in [1.807, 2.05) is 51.1 Å². The van der Waals surface area contributed by atoms with E-state index >= 15 is 0 Å². The van der Waals surface area contributed by atoms with E-state index < -0.39 is 35.6 Å². The lowest BCUT2D eigenvalue weighted by Crippen LogP contribution is -2.55. The minimum atomic E-state index is -0.820. The second kappa shape index (κ2) is 10.1. The van der Waals surface area contributed by atoms with Gasteiger partial charge in [-0.1, -0.05) is 35.4 Å². The van der Waals surface area contributed by atoms with E-state index in [1.54, 1.807) is 0 Å². The highest BCUT2D eigenvalue weighted by Crippen LogP contribution is 2.42. The molecular weight excluding hydrogens is 414 g/mol. The molecule has 29 heavy (non-hydrogen) atoms. The fourth-order valence-electron chi connectivity index (χ4n) is 3.38. The summed E-state index contributed by atoms with van der Waals surface area (Å²) >= 11 is 6.46. The Labute approximate surface area is 179 Å². The number of nitrogens with zero attached hydrogens (tertiary/aromatic N) is 3. The smallest absolute Gasteiger partial charge is 0.222 e. The number of benzene rings is 1. The second-order valence-corrected chi connectivity index (χ2v) is 8.81. The topological polar surface area (TPSA) is 94.9 Å². The minimum Gasteiger partial charge on any atom is -0.479 e. The Bertz CT molecular complexity index is 745. The Morgan fingerprint density at radius 2 is 2.00 bits per heavy atom. The van der Waals surface area contributed by atoms with E-state index in [9.17, 15) is 0 Å². The molecule has 0 aliphatic carbocycles. The van der Waals surface area contributed by atoms with E-state index in [-0.39, 0.29) is 0 Å². The monoisotopic (exact) mass is 439 g/mol. The first-order chi connectivity index (χ1) is 13.9.